The van der Waals surface area contributed by atoms with Gasteiger partial charge in [0.2, 0.25) is 0 Å². The number of hydrogen-bond donors (Lipinski definition) is 0. The minimum Gasteiger partial charge on any atom is -0.252 e. The van der Waals surface area contributed by atoms with E-state index in [1.807, 2.05) is 31.2 Å². The minimum absolute atomic E-state index is 0.333. The van der Waals surface area contributed by atoms with E-state index in [0.29, 0.717) is 10.3 Å². The summed E-state index contributed by atoms with van der Waals surface area (Å²) in [5.74, 6) is 0. The zero-order valence-corrected chi connectivity index (χ0v) is 10.4. The molecule has 0 bridgehead atoms. The molecule has 0 saturated carbocycles. The third-order valence-corrected chi connectivity index (χ3v) is 3.24. The Bertz CT molecular complexity index is 740. The largest absolute Gasteiger partial charge is 0.252 e. The van der Waals surface area contributed by atoms with Crippen LogP contribution in [0.5, 0.6) is 0 Å². The fourth-order valence-electron chi connectivity index (χ4n) is 1.99. The molecule has 0 radical (unpaired) electrons. The van der Waals surface area contributed by atoms with Crippen LogP contribution in [0.1, 0.15) is 5.69 Å². The zero-order valence-electron chi connectivity index (χ0n) is 8.91. The molecule has 3 nitrogen and oxygen atoms in total. The van der Waals surface area contributed by atoms with E-state index < -0.39 is 0 Å². The van der Waals surface area contributed by atoms with Crippen molar-refractivity contribution in [3.05, 3.63) is 40.3 Å². The summed E-state index contributed by atoms with van der Waals surface area (Å²) >= 11 is 12.2. The Hall–Kier alpha value is -1.45. The van der Waals surface area contributed by atoms with Gasteiger partial charge in [-0.3, -0.25) is 4.98 Å². The molecule has 0 N–H and O–H groups in total. The number of aryl methyl sites for hydroxylation is 1. The number of hydrogen-bond acceptors (Lipinski definition) is 3. The van der Waals surface area contributed by atoms with Gasteiger partial charge in [0.1, 0.15) is 0 Å². The van der Waals surface area contributed by atoms with Crippen molar-refractivity contribution in [1.29, 1.82) is 0 Å². The van der Waals surface area contributed by atoms with Gasteiger partial charge in [-0.05, 0) is 13.0 Å². The molecule has 2 aromatic heterocycles. The number of halogens is 2. The van der Waals surface area contributed by atoms with E-state index >= 15 is 0 Å². The van der Waals surface area contributed by atoms with Crippen LogP contribution in [0.4, 0.5) is 0 Å². The molecule has 5 heteroatoms. The number of pyridine rings is 1. The van der Waals surface area contributed by atoms with Gasteiger partial charge in [0.05, 0.1) is 5.52 Å². The highest BCUT2D eigenvalue weighted by Crippen LogP contribution is 2.33. The van der Waals surface area contributed by atoms with Crippen molar-refractivity contribution < 1.29 is 0 Å². The fraction of sp³-hybridized carbons (Fsp3) is 0.0833. The van der Waals surface area contributed by atoms with Gasteiger partial charge < -0.3 is 0 Å². The van der Waals surface area contributed by atoms with Crippen LogP contribution in [0, 0.1) is 6.92 Å². The molecule has 0 unspecified atom stereocenters. The Morgan fingerprint density at radius 2 is 1.59 bits per heavy atom. The second-order valence-corrected chi connectivity index (χ2v) is 4.46. The van der Waals surface area contributed by atoms with Gasteiger partial charge in [-0.2, -0.15) is 0 Å². The average molecular weight is 264 g/mol. The van der Waals surface area contributed by atoms with Crippen LogP contribution in [0.25, 0.3) is 21.7 Å². The van der Waals surface area contributed by atoms with Crippen LogP contribution in [-0.4, -0.2) is 15.2 Å². The maximum atomic E-state index is 6.12. The molecule has 1 aromatic carbocycles. The van der Waals surface area contributed by atoms with Gasteiger partial charge in [0.25, 0.3) is 0 Å². The monoisotopic (exact) mass is 263 g/mol. The van der Waals surface area contributed by atoms with Crippen molar-refractivity contribution in [2.45, 2.75) is 6.92 Å². The molecule has 0 aliphatic rings. The molecule has 0 aliphatic heterocycles. The number of para-hydroxylation sites is 1. The summed E-state index contributed by atoms with van der Waals surface area (Å²) < 4.78 is 0. The lowest BCUT2D eigenvalue weighted by Crippen LogP contribution is -1.93. The van der Waals surface area contributed by atoms with Gasteiger partial charge in [-0.1, -0.05) is 41.4 Å². The zero-order chi connectivity index (χ0) is 12.0. The van der Waals surface area contributed by atoms with Gasteiger partial charge in [-0.25, -0.2) is 0 Å². The maximum Gasteiger partial charge on any atom is 0.161 e. The second-order valence-electron chi connectivity index (χ2n) is 3.75. The molecular weight excluding hydrogens is 257 g/mol. The number of benzene rings is 1. The first-order valence-electron chi connectivity index (χ1n) is 5.05. The molecule has 0 aliphatic carbocycles. The second kappa shape index (κ2) is 3.79. The highest BCUT2D eigenvalue weighted by Gasteiger charge is 2.13. The Kier molecular flexibility index (Phi) is 2.38. The summed E-state index contributed by atoms with van der Waals surface area (Å²) in [7, 11) is 0. The van der Waals surface area contributed by atoms with E-state index in [4.69, 9.17) is 23.2 Å². The van der Waals surface area contributed by atoms with Crippen LogP contribution in [0.2, 0.25) is 10.3 Å². The first-order chi connectivity index (χ1) is 8.18. The molecule has 84 valence electrons. The van der Waals surface area contributed by atoms with E-state index in [1.165, 1.54) is 0 Å². The van der Waals surface area contributed by atoms with Crippen molar-refractivity contribution >= 4 is 44.9 Å². The normalized spacial score (nSPS) is 11.2. The molecule has 0 fully saturated rings. The molecular formula is C12H7Cl2N3. The Morgan fingerprint density at radius 1 is 0.941 bits per heavy atom. The first kappa shape index (κ1) is 10.7. The van der Waals surface area contributed by atoms with E-state index in [-0.39, 0.29) is 0 Å². The molecule has 0 spiro atoms. The molecule has 3 aromatic rings. The summed E-state index contributed by atoms with van der Waals surface area (Å²) in [6.45, 7) is 1.89. The predicted molar refractivity (Wildman–Crippen MR) is 69.6 cm³/mol. The Labute approximate surface area is 107 Å². The summed E-state index contributed by atoms with van der Waals surface area (Å²) in [4.78, 5) is 4.49. The lowest BCUT2D eigenvalue weighted by atomic mass is 10.1. The Balaban J connectivity index is 2.69. The lowest BCUT2D eigenvalue weighted by molar-refractivity contribution is 1.05. The highest BCUT2D eigenvalue weighted by molar-refractivity contribution is 6.40. The van der Waals surface area contributed by atoms with Crippen LogP contribution in [-0.2, 0) is 0 Å². The van der Waals surface area contributed by atoms with E-state index in [1.54, 1.807) is 0 Å². The van der Waals surface area contributed by atoms with Crippen LogP contribution >= 0.6 is 23.2 Å². The molecule has 3 rings (SSSR count). The summed E-state index contributed by atoms with van der Waals surface area (Å²) in [5, 5.41) is 10.9. The van der Waals surface area contributed by atoms with Crippen molar-refractivity contribution in [1.82, 2.24) is 15.2 Å². The van der Waals surface area contributed by atoms with Crippen molar-refractivity contribution in [3.8, 4) is 0 Å². The summed E-state index contributed by atoms with van der Waals surface area (Å²) in [6.07, 6.45) is 0. The third kappa shape index (κ3) is 1.54. The smallest absolute Gasteiger partial charge is 0.161 e. The van der Waals surface area contributed by atoms with Gasteiger partial charge in [0.15, 0.2) is 10.3 Å². The number of fused-ring (bicyclic) bond motifs is 3. The molecule has 0 atom stereocenters. The Morgan fingerprint density at radius 3 is 2.35 bits per heavy atom. The third-order valence-electron chi connectivity index (χ3n) is 2.71. The molecule has 17 heavy (non-hydrogen) atoms. The topological polar surface area (TPSA) is 38.7 Å². The van der Waals surface area contributed by atoms with Gasteiger partial charge in [-0.15, -0.1) is 10.2 Å². The van der Waals surface area contributed by atoms with Gasteiger partial charge in [0, 0.05) is 21.9 Å². The lowest BCUT2D eigenvalue weighted by Gasteiger charge is -2.07. The molecule has 0 saturated heterocycles. The van der Waals surface area contributed by atoms with E-state index in [0.717, 1.165) is 27.4 Å². The quantitative estimate of drug-likeness (QED) is 0.580. The summed E-state index contributed by atoms with van der Waals surface area (Å²) in [6, 6.07) is 7.76. The standard InChI is InChI=1S/C12H7Cl2N3/c1-6-9-10(12(14)17-16-11(9)13)7-4-2-3-5-8(7)15-6/h2-5H,1H3. The first-order valence-corrected chi connectivity index (χ1v) is 5.81. The molecule has 0 amide bonds. The number of aromatic nitrogens is 3. The van der Waals surface area contributed by atoms with Crippen molar-refractivity contribution in [2.24, 2.45) is 0 Å². The SMILES string of the molecule is Cc1nc2ccccc2c2c(Cl)nnc(Cl)c12. The van der Waals surface area contributed by atoms with Gasteiger partial charge >= 0.3 is 0 Å². The molecule has 2 heterocycles. The highest BCUT2D eigenvalue weighted by atomic mass is 35.5. The van der Waals surface area contributed by atoms with Crippen LogP contribution in [0.3, 0.4) is 0 Å². The van der Waals surface area contributed by atoms with Crippen molar-refractivity contribution in [3.63, 3.8) is 0 Å². The summed E-state index contributed by atoms with van der Waals surface area (Å²) in [5.41, 5.74) is 1.68. The predicted octanol–water partition coefficient (Wildman–Crippen LogP) is 3.79. The van der Waals surface area contributed by atoms with E-state index in [9.17, 15) is 0 Å². The number of rotatable bonds is 0. The maximum absolute atomic E-state index is 6.12. The average Bonchev–Trinajstić information content (AvgIpc) is 2.33. The van der Waals surface area contributed by atoms with Crippen molar-refractivity contribution in [2.75, 3.05) is 0 Å². The van der Waals surface area contributed by atoms with Crippen LogP contribution < -0.4 is 0 Å². The van der Waals surface area contributed by atoms with E-state index in [2.05, 4.69) is 15.2 Å². The number of nitrogens with zero attached hydrogens (tertiary/aromatic N) is 3. The van der Waals surface area contributed by atoms with Crippen LogP contribution in [0.15, 0.2) is 24.3 Å². The minimum atomic E-state index is 0.333. The fourth-order valence-corrected chi connectivity index (χ4v) is 2.49.